The van der Waals surface area contributed by atoms with Crippen LogP contribution in [0.15, 0.2) is 156 Å². The van der Waals surface area contributed by atoms with Crippen molar-refractivity contribution < 1.29 is 55.1 Å². The fraction of sp³-hybridized carbons (Fsp3) is 0.233. The van der Waals surface area contributed by atoms with Crippen LogP contribution >= 0.6 is 0 Å². The molecule has 4 aromatic carbocycles. The van der Waals surface area contributed by atoms with Gasteiger partial charge in [0.2, 0.25) is 0 Å². The molecule has 0 aliphatic carbocycles. The first kappa shape index (κ1) is 56.9. The van der Waals surface area contributed by atoms with E-state index in [2.05, 4.69) is 20.6 Å². The third kappa shape index (κ3) is 11.3. The highest BCUT2D eigenvalue weighted by molar-refractivity contribution is 6.06. The Balaban J connectivity index is 0.778. The number of alkyl halides is 6. The zero-order valence-electron chi connectivity index (χ0n) is 44.7. The Morgan fingerprint density at radius 2 is 0.821 bits per heavy atom. The number of anilines is 2. The molecule has 18 nitrogen and oxygen atoms in total. The largest absolute Gasteiger partial charge is 0.416 e. The van der Waals surface area contributed by atoms with Gasteiger partial charge in [0, 0.05) is 76.1 Å². The van der Waals surface area contributed by atoms with Crippen LogP contribution < -0.4 is 20.4 Å². The van der Waals surface area contributed by atoms with E-state index < -0.39 is 59.4 Å². The maximum atomic E-state index is 14.5. The Morgan fingerprint density at radius 1 is 0.488 bits per heavy atom. The second-order valence-electron chi connectivity index (χ2n) is 20.0. The summed E-state index contributed by atoms with van der Waals surface area (Å²) in [6.45, 7) is 3.66. The summed E-state index contributed by atoms with van der Waals surface area (Å²) in [5.74, 6) is -1.77. The van der Waals surface area contributed by atoms with Crippen molar-refractivity contribution in [2.24, 2.45) is 0 Å². The van der Waals surface area contributed by atoms with Crippen LogP contribution in [0.1, 0.15) is 80.0 Å². The number of allylic oxidation sites excluding steroid dienone is 2. The molecule has 4 aliphatic rings. The molecule has 2 saturated heterocycles. The van der Waals surface area contributed by atoms with Gasteiger partial charge in [-0.3, -0.25) is 38.9 Å². The number of urea groups is 2. The van der Waals surface area contributed by atoms with Crippen LogP contribution in [0, 0.1) is 22.7 Å². The van der Waals surface area contributed by atoms with Gasteiger partial charge in [-0.1, -0.05) is 36.4 Å². The number of nitrogens with zero attached hydrogens (tertiary/aromatic N) is 10. The van der Waals surface area contributed by atoms with E-state index in [9.17, 15) is 65.6 Å². The van der Waals surface area contributed by atoms with Crippen molar-refractivity contribution in [2.75, 3.05) is 62.2 Å². The molecule has 426 valence electrons. The molecule has 2 N–H and O–H groups in total. The number of nitriles is 2. The van der Waals surface area contributed by atoms with Crippen LogP contribution in [0.3, 0.4) is 0 Å². The summed E-state index contributed by atoms with van der Waals surface area (Å²) >= 11 is 0. The Bertz CT molecular complexity index is 3520. The molecular weight excluding hydrogens is 1100 g/mol. The number of piperazine rings is 2. The van der Waals surface area contributed by atoms with Crippen LogP contribution in [-0.4, -0.2) is 118 Å². The number of pyridine rings is 2. The topological polar surface area (TPSA) is 219 Å². The lowest BCUT2D eigenvalue weighted by molar-refractivity contribution is -0.138. The molecule has 0 radical (unpaired) electrons. The van der Waals surface area contributed by atoms with Crippen molar-refractivity contribution in [1.29, 1.82) is 10.5 Å². The first-order chi connectivity index (χ1) is 40.1. The van der Waals surface area contributed by atoms with Gasteiger partial charge in [-0.2, -0.15) is 36.9 Å². The normalized spacial score (nSPS) is 17.8. The number of amides is 8. The smallest absolute Gasteiger partial charge is 0.335 e. The SMILES string of the molecule is CC1=C(C(=O)N2CCN(C(=O)c3ccc(-c4ccc(C(=O)N5CCN(C(=O)C6=C(C)N(c7cccc(C(F)(F)F)c7)C(=O)N[C@@H]6c6ccc(C#N)cc6)CC5)cn4)nc3)CC2)[C@@H](c2ccc(C#N)cc2)NC(=O)N1c1cccc(C(F)(F)F)c1. The van der Waals surface area contributed by atoms with Crippen LogP contribution in [0.2, 0.25) is 0 Å². The number of benzene rings is 4. The fourth-order valence-corrected chi connectivity index (χ4v) is 10.6. The summed E-state index contributed by atoms with van der Waals surface area (Å²) < 4.78 is 82.6. The molecule has 0 saturated carbocycles. The summed E-state index contributed by atoms with van der Waals surface area (Å²) in [6, 6.07) is 27.6. The van der Waals surface area contributed by atoms with Crippen molar-refractivity contribution in [1.82, 2.24) is 40.2 Å². The van der Waals surface area contributed by atoms with Gasteiger partial charge in [0.1, 0.15) is 0 Å². The molecule has 8 amide bonds. The van der Waals surface area contributed by atoms with Gasteiger partial charge in [-0.25, -0.2) is 9.59 Å². The molecule has 6 aromatic rings. The standard InChI is InChI=1S/C60H48F6N12O6/c1-35-49(51(39-13-9-37(31-67)10-14-39)71-57(83)77(35)45-7-3-5-43(29-45)59(61,62)63)55(81)75-25-21-73(22-26-75)53(79)41-17-19-47(69-33-41)48-20-18-42(34-70-48)54(80)74-23-27-76(28-24-74)56(82)50-36(2)78(46-8-4-6-44(30-46)60(64,65)66)58(84)72-52(50)40-15-11-38(32-68)12-16-40/h3-20,29-30,33-34,51-52H,21-28H2,1-2H3,(H,71,83)(H,72,84)/t51-,52-/m1/s1. The van der Waals surface area contributed by atoms with Crippen molar-refractivity contribution in [3.8, 4) is 23.5 Å². The van der Waals surface area contributed by atoms with E-state index in [1.807, 2.05) is 12.1 Å². The molecule has 10 rings (SSSR count). The lowest BCUT2D eigenvalue weighted by atomic mass is 9.92. The fourth-order valence-electron chi connectivity index (χ4n) is 10.6. The van der Waals surface area contributed by atoms with Crippen LogP contribution in [0.4, 0.5) is 47.3 Å². The third-order valence-corrected chi connectivity index (χ3v) is 15.0. The van der Waals surface area contributed by atoms with E-state index in [4.69, 9.17) is 0 Å². The number of carbonyl (C=O) groups is 6. The third-order valence-electron chi connectivity index (χ3n) is 15.0. The summed E-state index contributed by atoms with van der Waals surface area (Å²) in [4.78, 5) is 101. The van der Waals surface area contributed by atoms with Crippen molar-refractivity contribution in [2.45, 2.75) is 38.3 Å². The number of rotatable bonds is 9. The average molecular weight is 1150 g/mol. The zero-order chi connectivity index (χ0) is 59.8. The molecule has 2 atom stereocenters. The maximum Gasteiger partial charge on any atom is 0.416 e. The molecule has 4 aliphatic heterocycles. The van der Waals surface area contributed by atoms with Gasteiger partial charge in [0.05, 0.1) is 91.5 Å². The van der Waals surface area contributed by atoms with Gasteiger partial charge in [0.25, 0.3) is 23.6 Å². The number of aromatic nitrogens is 2. The lowest BCUT2D eigenvalue weighted by Gasteiger charge is -2.40. The zero-order valence-corrected chi connectivity index (χ0v) is 44.7. The van der Waals surface area contributed by atoms with E-state index in [0.29, 0.717) is 33.6 Å². The highest BCUT2D eigenvalue weighted by Gasteiger charge is 2.42. The lowest BCUT2D eigenvalue weighted by Crippen LogP contribution is -2.54. The highest BCUT2D eigenvalue weighted by atomic mass is 19.4. The summed E-state index contributed by atoms with van der Waals surface area (Å²) in [7, 11) is 0. The van der Waals surface area contributed by atoms with E-state index in [-0.39, 0.29) is 109 Å². The Labute approximate surface area is 476 Å². The van der Waals surface area contributed by atoms with Crippen LogP contribution in [0.25, 0.3) is 11.4 Å². The number of hydrogen-bond donors (Lipinski definition) is 2. The van der Waals surface area contributed by atoms with Crippen molar-refractivity contribution >= 4 is 47.1 Å². The predicted molar refractivity (Wildman–Crippen MR) is 291 cm³/mol. The minimum atomic E-state index is -4.70. The van der Waals surface area contributed by atoms with Gasteiger partial charge < -0.3 is 30.2 Å². The monoisotopic (exact) mass is 1150 g/mol. The first-order valence-electron chi connectivity index (χ1n) is 26.2. The Hall–Kier alpha value is -10.4. The van der Waals surface area contributed by atoms with Gasteiger partial charge in [-0.15, -0.1) is 0 Å². The quantitative estimate of drug-likeness (QED) is 0.131. The van der Waals surface area contributed by atoms with E-state index in [0.717, 1.165) is 34.1 Å². The molecule has 84 heavy (non-hydrogen) atoms. The van der Waals surface area contributed by atoms with E-state index in [1.54, 1.807) is 58.3 Å². The molecule has 6 heterocycles. The van der Waals surface area contributed by atoms with Crippen LogP contribution in [-0.2, 0) is 21.9 Å². The predicted octanol–water partition coefficient (Wildman–Crippen LogP) is 8.98. The minimum absolute atomic E-state index is 0.0709. The summed E-state index contributed by atoms with van der Waals surface area (Å²) in [5, 5.41) is 24.3. The number of carbonyl (C=O) groups excluding carboxylic acids is 6. The second kappa shape index (κ2) is 22.9. The summed E-state index contributed by atoms with van der Waals surface area (Å²) in [5.41, 5.74) is 1.02. The van der Waals surface area contributed by atoms with Crippen molar-refractivity contribution in [3.63, 3.8) is 0 Å². The highest BCUT2D eigenvalue weighted by Crippen LogP contribution is 2.40. The number of nitrogens with one attached hydrogen (secondary N) is 2. The maximum absolute atomic E-state index is 14.5. The van der Waals surface area contributed by atoms with E-state index in [1.165, 1.54) is 84.6 Å². The van der Waals surface area contributed by atoms with Gasteiger partial charge in [-0.05, 0) is 110 Å². The molecule has 2 aromatic heterocycles. The minimum Gasteiger partial charge on any atom is -0.335 e. The summed E-state index contributed by atoms with van der Waals surface area (Å²) in [6.07, 6.45) is -6.64. The molecule has 2 fully saturated rings. The number of halogens is 6. The second-order valence-corrected chi connectivity index (χ2v) is 20.0. The Morgan fingerprint density at radius 3 is 1.12 bits per heavy atom. The van der Waals surface area contributed by atoms with Crippen LogP contribution in [0.5, 0.6) is 0 Å². The molecule has 0 bridgehead atoms. The van der Waals surface area contributed by atoms with Gasteiger partial charge in [0.15, 0.2) is 0 Å². The average Bonchev–Trinajstić information content (AvgIpc) is 2.13. The van der Waals surface area contributed by atoms with E-state index >= 15 is 0 Å². The van der Waals surface area contributed by atoms with Gasteiger partial charge >= 0.3 is 24.4 Å². The Kier molecular flexibility index (Phi) is 15.5. The number of hydrogen-bond acceptors (Lipinski definition) is 10. The van der Waals surface area contributed by atoms with Crippen molar-refractivity contribution in [3.05, 3.63) is 201 Å². The first-order valence-corrected chi connectivity index (χ1v) is 26.2. The molecule has 0 spiro atoms. The molecule has 0 unspecified atom stereocenters. The molecule has 24 heteroatoms. The molecular formula is C60H48F6N12O6.